The molecule has 0 bridgehead atoms. The van der Waals surface area contributed by atoms with Gasteiger partial charge in [0.05, 0.1) is 5.39 Å². The smallest absolute Gasteiger partial charge is 0.259 e. The summed E-state index contributed by atoms with van der Waals surface area (Å²) >= 11 is 1.58. The Morgan fingerprint density at radius 1 is 1.32 bits per heavy atom. The fourth-order valence-corrected chi connectivity index (χ4v) is 2.77. The minimum atomic E-state index is -0.142. The fraction of sp³-hybridized carbons (Fsp3) is 0.385. The summed E-state index contributed by atoms with van der Waals surface area (Å²) in [6.07, 6.45) is 4.86. The first-order valence-corrected chi connectivity index (χ1v) is 7.16. The van der Waals surface area contributed by atoms with E-state index in [9.17, 15) is 9.59 Å². The quantitative estimate of drug-likeness (QED) is 0.365. The first-order valence-electron chi connectivity index (χ1n) is 6.28. The number of hydrogen-bond acceptors (Lipinski definition) is 4. The Morgan fingerprint density at radius 2 is 2.16 bits per heavy atom. The molecule has 0 aliphatic heterocycles. The normalized spacial score (nSPS) is 10.8. The fourth-order valence-electron chi connectivity index (χ4n) is 2.00. The molecule has 19 heavy (non-hydrogen) atoms. The number of rotatable bonds is 6. The maximum absolute atomic E-state index is 12.1. The van der Waals surface area contributed by atoms with E-state index in [0.29, 0.717) is 13.0 Å². The first-order chi connectivity index (χ1) is 9.22. The third-order valence-corrected chi connectivity index (χ3v) is 3.94. The van der Waals surface area contributed by atoms with Gasteiger partial charge in [-0.15, -0.1) is 11.3 Å². The number of thiophene rings is 1. The van der Waals surface area contributed by atoms with Crippen molar-refractivity contribution in [2.75, 3.05) is 0 Å². The second-order valence-electron chi connectivity index (χ2n) is 4.39. The molecule has 0 unspecified atom stereocenters. The van der Waals surface area contributed by atoms with E-state index in [4.69, 9.17) is 5.84 Å². The Bertz CT molecular complexity index is 618. The summed E-state index contributed by atoms with van der Waals surface area (Å²) < 4.78 is 2.76. The van der Waals surface area contributed by atoms with Gasteiger partial charge in [0.15, 0.2) is 0 Å². The zero-order valence-corrected chi connectivity index (χ0v) is 11.4. The molecule has 0 fully saturated rings. The molecule has 2 aromatic rings. The van der Waals surface area contributed by atoms with Crippen molar-refractivity contribution >= 4 is 27.3 Å². The highest BCUT2D eigenvalue weighted by Crippen LogP contribution is 2.16. The van der Waals surface area contributed by atoms with E-state index in [2.05, 4.69) is 5.43 Å². The number of hydrazine groups is 1. The number of carbonyl (C=O) groups is 1. The molecule has 6 heteroatoms. The van der Waals surface area contributed by atoms with Crippen molar-refractivity contribution in [1.82, 2.24) is 9.99 Å². The average molecular weight is 279 g/mol. The van der Waals surface area contributed by atoms with E-state index < -0.39 is 0 Å². The standard InChI is InChI=1S/C13H17N3O2S/c14-15-12(17)4-2-1-3-7-16-8-5-11-10(13(16)18)6-9-19-11/h5-6,8-9H,1-4,7,14H2,(H,15,17). The van der Waals surface area contributed by atoms with Crippen LogP contribution >= 0.6 is 11.3 Å². The summed E-state index contributed by atoms with van der Waals surface area (Å²) in [5.74, 6) is 4.85. The van der Waals surface area contributed by atoms with Crippen molar-refractivity contribution in [3.63, 3.8) is 0 Å². The number of aryl methyl sites for hydroxylation is 1. The highest BCUT2D eigenvalue weighted by atomic mass is 32.1. The molecule has 0 atom stereocenters. The minimum absolute atomic E-state index is 0.0680. The van der Waals surface area contributed by atoms with E-state index in [1.807, 2.05) is 23.7 Å². The average Bonchev–Trinajstić information content (AvgIpc) is 2.89. The second kappa shape index (κ2) is 6.49. The van der Waals surface area contributed by atoms with Crippen LogP contribution < -0.4 is 16.8 Å². The Balaban J connectivity index is 1.86. The molecular weight excluding hydrogens is 262 g/mol. The van der Waals surface area contributed by atoms with Gasteiger partial charge in [-0.3, -0.25) is 15.0 Å². The van der Waals surface area contributed by atoms with Gasteiger partial charge in [0.2, 0.25) is 5.91 Å². The van der Waals surface area contributed by atoms with Gasteiger partial charge in [0.1, 0.15) is 0 Å². The lowest BCUT2D eigenvalue weighted by Crippen LogP contribution is -2.29. The van der Waals surface area contributed by atoms with Crippen LogP contribution in [0.3, 0.4) is 0 Å². The number of nitrogens with two attached hydrogens (primary N) is 1. The number of aromatic nitrogens is 1. The molecule has 0 saturated heterocycles. The summed E-state index contributed by atoms with van der Waals surface area (Å²) in [6.45, 7) is 0.689. The van der Waals surface area contributed by atoms with Crippen molar-refractivity contribution < 1.29 is 4.79 Å². The summed E-state index contributed by atoms with van der Waals surface area (Å²) in [5.41, 5.74) is 2.17. The molecule has 102 valence electrons. The monoisotopic (exact) mass is 279 g/mol. The van der Waals surface area contributed by atoms with Gasteiger partial charge in [-0.05, 0) is 30.4 Å². The lowest BCUT2D eigenvalue weighted by molar-refractivity contribution is -0.121. The molecule has 3 N–H and O–H groups in total. The predicted molar refractivity (Wildman–Crippen MR) is 76.9 cm³/mol. The number of amides is 1. The van der Waals surface area contributed by atoms with Crippen molar-refractivity contribution in [2.45, 2.75) is 32.2 Å². The van der Waals surface area contributed by atoms with Gasteiger partial charge < -0.3 is 4.57 Å². The third kappa shape index (κ3) is 3.42. The molecule has 0 saturated carbocycles. The number of carbonyl (C=O) groups excluding carboxylic acids is 1. The molecule has 0 aliphatic rings. The van der Waals surface area contributed by atoms with Crippen LogP contribution in [0.1, 0.15) is 25.7 Å². The summed E-state index contributed by atoms with van der Waals surface area (Å²) in [7, 11) is 0. The number of hydrogen-bond donors (Lipinski definition) is 2. The molecule has 2 rings (SSSR count). The number of nitrogens with zero attached hydrogens (tertiary/aromatic N) is 1. The Kier molecular flexibility index (Phi) is 4.70. The molecule has 0 spiro atoms. The third-order valence-electron chi connectivity index (χ3n) is 3.06. The number of pyridine rings is 1. The van der Waals surface area contributed by atoms with E-state index in [1.165, 1.54) is 0 Å². The molecular formula is C13H17N3O2S. The Labute approximate surface area is 115 Å². The zero-order valence-electron chi connectivity index (χ0n) is 10.6. The molecule has 0 radical (unpaired) electrons. The lowest BCUT2D eigenvalue weighted by atomic mass is 10.2. The SMILES string of the molecule is NNC(=O)CCCCCn1ccc2sccc2c1=O. The van der Waals surface area contributed by atoms with Crippen LogP contribution in [-0.2, 0) is 11.3 Å². The van der Waals surface area contributed by atoms with Gasteiger partial charge in [0, 0.05) is 23.9 Å². The van der Waals surface area contributed by atoms with E-state index in [1.54, 1.807) is 15.9 Å². The number of unbranched alkanes of at least 4 members (excludes halogenated alkanes) is 2. The van der Waals surface area contributed by atoms with E-state index in [-0.39, 0.29) is 11.5 Å². The summed E-state index contributed by atoms with van der Waals surface area (Å²) in [6, 6.07) is 3.84. The van der Waals surface area contributed by atoms with Gasteiger partial charge in [-0.2, -0.15) is 0 Å². The zero-order chi connectivity index (χ0) is 13.7. The maximum atomic E-state index is 12.1. The van der Waals surface area contributed by atoms with Crippen LogP contribution in [-0.4, -0.2) is 10.5 Å². The number of nitrogens with one attached hydrogen (secondary N) is 1. The van der Waals surface area contributed by atoms with Crippen molar-refractivity contribution in [3.05, 3.63) is 34.1 Å². The van der Waals surface area contributed by atoms with Crippen LogP contribution in [0.4, 0.5) is 0 Å². The van der Waals surface area contributed by atoms with Gasteiger partial charge >= 0.3 is 0 Å². The van der Waals surface area contributed by atoms with Crippen LogP contribution in [0.25, 0.3) is 10.1 Å². The Hall–Kier alpha value is -1.66. The molecule has 2 heterocycles. The van der Waals surface area contributed by atoms with Crippen molar-refractivity contribution in [3.8, 4) is 0 Å². The maximum Gasteiger partial charge on any atom is 0.259 e. The van der Waals surface area contributed by atoms with Gasteiger partial charge in [-0.1, -0.05) is 6.42 Å². The summed E-state index contributed by atoms with van der Waals surface area (Å²) in [4.78, 5) is 23.0. The highest BCUT2D eigenvalue weighted by molar-refractivity contribution is 7.17. The first kappa shape index (κ1) is 13.8. The molecule has 5 nitrogen and oxygen atoms in total. The van der Waals surface area contributed by atoms with Gasteiger partial charge in [0.25, 0.3) is 5.56 Å². The molecule has 2 aromatic heterocycles. The van der Waals surface area contributed by atoms with Crippen LogP contribution in [0.15, 0.2) is 28.5 Å². The topological polar surface area (TPSA) is 77.1 Å². The highest BCUT2D eigenvalue weighted by Gasteiger charge is 2.03. The molecule has 0 aromatic carbocycles. The van der Waals surface area contributed by atoms with Crippen LogP contribution in [0.5, 0.6) is 0 Å². The molecule has 1 amide bonds. The van der Waals surface area contributed by atoms with Crippen LogP contribution in [0.2, 0.25) is 0 Å². The van der Waals surface area contributed by atoms with Crippen molar-refractivity contribution in [1.29, 1.82) is 0 Å². The van der Waals surface area contributed by atoms with Crippen LogP contribution in [0, 0.1) is 0 Å². The second-order valence-corrected chi connectivity index (χ2v) is 5.34. The minimum Gasteiger partial charge on any atom is -0.315 e. The Morgan fingerprint density at radius 3 is 2.95 bits per heavy atom. The summed E-state index contributed by atoms with van der Waals surface area (Å²) in [5, 5.41) is 2.72. The van der Waals surface area contributed by atoms with Crippen molar-refractivity contribution in [2.24, 2.45) is 5.84 Å². The van der Waals surface area contributed by atoms with Gasteiger partial charge in [-0.25, -0.2) is 5.84 Å². The van der Waals surface area contributed by atoms with E-state index in [0.717, 1.165) is 29.3 Å². The largest absolute Gasteiger partial charge is 0.315 e. The van der Waals surface area contributed by atoms with E-state index >= 15 is 0 Å². The lowest BCUT2D eigenvalue weighted by Gasteiger charge is -2.05. The number of fused-ring (bicyclic) bond motifs is 1. The predicted octanol–water partition coefficient (Wildman–Crippen LogP) is 1.61. The molecule has 0 aliphatic carbocycles.